The van der Waals surface area contributed by atoms with Crippen LogP contribution in [0.4, 0.5) is 0 Å². The second-order valence-electron chi connectivity index (χ2n) is 5.77. The Bertz CT molecular complexity index is 705. The van der Waals surface area contributed by atoms with Crippen LogP contribution in [0.25, 0.3) is 11.8 Å². The predicted octanol–water partition coefficient (Wildman–Crippen LogP) is 3.00. The van der Waals surface area contributed by atoms with Crippen LogP contribution in [-0.2, 0) is 9.53 Å². The number of methoxy groups -OCH3 is 1. The maximum absolute atomic E-state index is 12.2. The summed E-state index contributed by atoms with van der Waals surface area (Å²) in [5.74, 6) is -0.0163. The number of hydrogen-bond donors (Lipinski definition) is 0. The summed E-state index contributed by atoms with van der Waals surface area (Å²) in [4.78, 5) is 13.9. The summed E-state index contributed by atoms with van der Waals surface area (Å²) in [7, 11) is 3.47. The first-order chi connectivity index (χ1) is 11.5. The van der Waals surface area contributed by atoms with Crippen molar-refractivity contribution in [3.8, 4) is 5.69 Å². The van der Waals surface area contributed by atoms with Crippen LogP contribution in [0.5, 0.6) is 0 Å². The van der Waals surface area contributed by atoms with E-state index in [0.29, 0.717) is 13.2 Å². The molecule has 0 spiro atoms. The molecule has 2 aromatic rings. The highest BCUT2D eigenvalue weighted by molar-refractivity contribution is 5.91. The lowest BCUT2D eigenvalue weighted by molar-refractivity contribution is -0.124. The van der Waals surface area contributed by atoms with E-state index in [1.54, 1.807) is 25.1 Å². The lowest BCUT2D eigenvalue weighted by Gasteiger charge is -2.14. The quantitative estimate of drug-likeness (QED) is 0.580. The molecule has 0 aliphatic heterocycles. The van der Waals surface area contributed by atoms with Gasteiger partial charge < -0.3 is 9.64 Å². The molecular weight excluding hydrogens is 302 g/mol. The molecule has 0 saturated heterocycles. The van der Waals surface area contributed by atoms with E-state index in [1.807, 2.05) is 54.9 Å². The predicted molar refractivity (Wildman–Crippen MR) is 96.2 cm³/mol. The second-order valence-corrected chi connectivity index (χ2v) is 5.77. The number of carbonyl (C=O) groups is 1. The number of para-hydroxylation sites is 1. The fourth-order valence-electron chi connectivity index (χ4n) is 2.55. The van der Waals surface area contributed by atoms with Gasteiger partial charge in [-0.3, -0.25) is 4.79 Å². The fraction of sp³-hybridized carbons (Fsp3) is 0.368. The number of aromatic nitrogens is 2. The van der Waals surface area contributed by atoms with E-state index in [-0.39, 0.29) is 5.91 Å². The minimum absolute atomic E-state index is 0.0163. The number of rotatable bonds is 7. The highest BCUT2D eigenvalue weighted by atomic mass is 16.5. The smallest absolute Gasteiger partial charge is 0.246 e. The van der Waals surface area contributed by atoms with Crippen molar-refractivity contribution in [2.45, 2.75) is 20.3 Å². The topological polar surface area (TPSA) is 47.4 Å². The molecule has 0 N–H and O–H groups in total. The number of nitrogens with zero attached hydrogens (tertiary/aromatic N) is 3. The van der Waals surface area contributed by atoms with Crippen molar-refractivity contribution in [1.29, 1.82) is 0 Å². The minimum Gasteiger partial charge on any atom is -0.385 e. The molecule has 0 unspecified atom stereocenters. The molecule has 0 bridgehead atoms. The molecule has 0 saturated carbocycles. The summed E-state index contributed by atoms with van der Waals surface area (Å²) in [6, 6.07) is 9.98. The number of benzene rings is 1. The zero-order valence-electron chi connectivity index (χ0n) is 14.8. The molecule has 1 amide bonds. The van der Waals surface area contributed by atoms with Gasteiger partial charge in [0.15, 0.2) is 0 Å². The van der Waals surface area contributed by atoms with Crippen molar-refractivity contribution in [3.63, 3.8) is 0 Å². The maximum atomic E-state index is 12.2. The van der Waals surface area contributed by atoms with E-state index in [0.717, 1.165) is 29.1 Å². The number of hydrogen-bond acceptors (Lipinski definition) is 3. The number of likely N-dealkylation sites (N-methyl/N-ethyl adjacent to an activating group) is 1. The standard InChI is InChI=1S/C19H25N3O2/c1-15-18(11-12-19(23)21(3)13-8-14-24-4)16(2)22(20-15)17-9-6-5-7-10-17/h5-7,9-12H,8,13-14H2,1-4H3/b12-11+. The van der Waals surface area contributed by atoms with E-state index < -0.39 is 0 Å². The van der Waals surface area contributed by atoms with E-state index in [1.165, 1.54) is 0 Å². The van der Waals surface area contributed by atoms with Crippen LogP contribution in [0.2, 0.25) is 0 Å². The molecule has 0 radical (unpaired) electrons. The van der Waals surface area contributed by atoms with Gasteiger partial charge in [0, 0.05) is 44.6 Å². The lowest BCUT2D eigenvalue weighted by atomic mass is 10.2. The molecule has 128 valence electrons. The molecular formula is C19H25N3O2. The molecule has 0 atom stereocenters. The third-order valence-electron chi connectivity index (χ3n) is 3.96. The third kappa shape index (κ3) is 4.32. The van der Waals surface area contributed by atoms with Gasteiger partial charge in [-0.1, -0.05) is 18.2 Å². The minimum atomic E-state index is -0.0163. The normalized spacial score (nSPS) is 11.2. The van der Waals surface area contributed by atoms with Gasteiger partial charge in [0.1, 0.15) is 0 Å². The molecule has 0 aliphatic rings. The Kier molecular flexibility index (Phi) is 6.32. The Labute approximate surface area is 143 Å². The van der Waals surface area contributed by atoms with Crippen LogP contribution < -0.4 is 0 Å². The molecule has 5 heteroatoms. The fourth-order valence-corrected chi connectivity index (χ4v) is 2.55. The zero-order valence-corrected chi connectivity index (χ0v) is 14.8. The monoisotopic (exact) mass is 327 g/mol. The SMILES string of the molecule is COCCCN(C)C(=O)/C=C/c1c(C)nn(-c2ccccc2)c1C. The molecule has 1 heterocycles. The Morgan fingerprint density at radius 2 is 2.00 bits per heavy atom. The van der Waals surface area contributed by atoms with Gasteiger partial charge >= 0.3 is 0 Å². The van der Waals surface area contributed by atoms with Crippen LogP contribution in [0.1, 0.15) is 23.4 Å². The van der Waals surface area contributed by atoms with Gasteiger partial charge in [0.2, 0.25) is 5.91 Å². The van der Waals surface area contributed by atoms with Gasteiger partial charge in [0.05, 0.1) is 11.4 Å². The van der Waals surface area contributed by atoms with E-state index >= 15 is 0 Å². The second kappa shape index (κ2) is 8.45. The van der Waals surface area contributed by atoms with Gasteiger partial charge in [-0.15, -0.1) is 0 Å². The van der Waals surface area contributed by atoms with Crippen molar-refractivity contribution in [3.05, 3.63) is 53.4 Å². The molecule has 1 aromatic heterocycles. The number of carbonyl (C=O) groups excluding carboxylic acids is 1. The van der Waals surface area contributed by atoms with Crippen molar-refractivity contribution in [2.75, 3.05) is 27.3 Å². The van der Waals surface area contributed by atoms with Gasteiger partial charge in [-0.2, -0.15) is 5.10 Å². The van der Waals surface area contributed by atoms with Crippen LogP contribution in [0.15, 0.2) is 36.4 Å². The molecule has 0 aliphatic carbocycles. The lowest BCUT2D eigenvalue weighted by Crippen LogP contribution is -2.26. The number of aryl methyl sites for hydroxylation is 1. The summed E-state index contributed by atoms with van der Waals surface area (Å²) in [6.45, 7) is 5.31. The summed E-state index contributed by atoms with van der Waals surface area (Å²) >= 11 is 0. The highest BCUT2D eigenvalue weighted by Crippen LogP contribution is 2.19. The van der Waals surface area contributed by atoms with E-state index in [9.17, 15) is 4.79 Å². The molecule has 2 rings (SSSR count). The van der Waals surface area contributed by atoms with Crippen molar-refractivity contribution < 1.29 is 9.53 Å². The van der Waals surface area contributed by atoms with E-state index in [2.05, 4.69) is 5.10 Å². The van der Waals surface area contributed by atoms with Crippen LogP contribution in [-0.4, -0.2) is 47.9 Å². The van der Waals surface area contributed by atoms with Crippen molar-refractivity contribution in [2.24, 2.45) is 0 Å². The average Bonchev–Trinajstić information content (AvgIpc) is 2.88. The van der Waals surface area contributed by atoms with Gasteiger partial charge in [0.25, 0.3) is 0 Å². The zero-order chi connectivity index (χ0) is 17.5. The van der Waals surface area contributed by atoms with Gasteiger partial charge in [-0.25, -0.2) is 4.68 Å². The molecule has 24 heavy (non-hydrogen) atoms. The summed E-state index contributed by atoms with van der Waals surface area (Å²) < 4.78 is 6.92. The molecule has 5 nitrogen and oxygen atoms in total. The third-order valence-corrected chi connectivity index (χ3v) is 3.96. The van der Waals surface area contributed by atoms with E-state index in [4.69, 9.17) is 4.74 Å². The van der Waals surface area contributed by atoms with Crippen LogP contribution in [0, 0.1) is 13.8 Å². The van der Waals surface area contributed by atoms with Crippen LogP contribution >= 0.6 is 0 Å². The molecule has 0 fully saturated rings. The van der Waals surface area contributed by atoms with Crippen LogP contribution in [0.3, 0.4) is 0 Å². The number of amides is 1. The maximum Gasteiger partial charge on any atom is 0.246 e. The first kappa shape index (κ1) is 17.9. The molecule has 1 aromatic carbocycles. The summed E-state index contributed by atoms with van der Waals surface area (Å²) in [5.41, 5.74) is 3.92. The first-order valence-electron chi connectivity index (χ1n) is 8.08. The van der Waals surface area contributed by atoms with Crippen molar-refractivity contribution in [1.82, 2.24) is 14.7 Å². The summed E-state index contributed by atoms with van der Waals surface area (Å²) in [6.07, 6.45) is 4.29. The first-order valence-corrected chi connectivity index (χ1v) is 8.08. The largest absolute Gasteiger partial charge is 0.385 e. The Balaban J connectivity index is 2.13. The summed E-state index contributed by atoms with van der Waals surface area (Å²) in [5, 5.41) is 4.59. The Morgan fingerprint density at radius 3 is 2.67 bits per heavy atom. The van der Waals surface area contributed by atoms with Crippen molar-refractivity contribution >= 4 is 12.0 Å². The van der Waals surface area contributed by atoms with Gasteiger partial charge in [-0.05, 0) is 38.5 Å². The Morgan fingerprint density at radius 1 is 1.29 bits per heavy atom. The average molecular weight is 327 g/mol. The highest BCUT2D eigenvalue weighted by Gasteiger charge is 2.11. The Hall–Kier alpha value is -2.40. The number of ether oxygens (including phenoxy) is 1.